The maximum Gasteiger partial charge on any atom is 0.257 e. The summed E-state index contributed by atoms with van der Waals surface area (Å²) in [6.07, 6.45) is -0.126. The molecule has 0 spiro atoms. The van der Waals surface area contributed by atoms with E-state index in [9.17, 15) is 31.5 Å². The van der Waals surface area contributed by atoms with Crippen molar-refractivity contribution in [3.05, 3.63) is 93.3 Å². The van der Waals surface area contributed by atoms with Crippen LogP contribution in [0.2, 0.25) is 5.02 Å². The number of carbonyl (C=O) groups excluding carboxylic acids is 2. The standard InChI is InChI=1S/C28H26ClF5N2O2/c1-5-10-28(33,34)27(3,4)19-13-17(29)7-9-23(19)35-25(37)16-6-8-24(22(32)12-16)36-26(38)18-14-21(31)20(30)11-15(18)2/h6-9,11-14H,5,10H2,1-4H3,(H,35,37)(H,36,38). The van der Waals surface area contributed by atoms with E-state index in [1.165, 1.54) is 45.0 Å². The van der Waals surface area contributed by atoms with Crippen molar-refractivity contribution in [3.8, 4) is 0 Å². The molecule has 10 heteroatoms. The Hall–Kier alpha value is -3.46. The molecular weight excluding hydrogens is 527 g/mol. The van der Waals surface area contributed by atoms with Gasteiger partial charge in [0, 0.05) is 28.3 Å². The number of benzene rings is 3. The van der Waals surface area contributed by atoms with Crippen molar-refractivity contribution in [2.24, 2.45) is 0 Å². The summed E-state index contributed by atoms with van der Waals surface area (Å²) in [5.41, 5.74) is -1.98. The monoisotopic (exact) mass is 552 g/mol. The van der Waals surface area contributed by atoms with Crippen LogP contribution in [0, 0.1) is 24.4 Å². The van der Waals surface area contributed by atoms with Crippen LogP contribution in [0.4, 0.5) is 33.3 Å². The Bertz CT molecular complexity index is 1390. The first-order chi connectivity index (χ1) is 17.7. The van der Waals surface area contributed by atoms with Gasteiger partial charge in [-0.05, 0) is 80.4 Å². The summed E-state index contributed by atoms with van der Waals surface area (Å²) in [6, 6.07) is 8.95. The summed E-state index contributed by atoms with van der Waals surface area (Å²) in [5.74, 6) is -8.09. The van der Waals surface area contributed by atoms with Crippen LogP contribution in [-0.2, 0) is 5.41 Å². The Morgan fingerprint density at radius 2 is 1.45 bits per heavy atom. The van der Waals surface area contributed by atoms with Gasteiger partial charge < -0.3 is 10.6 Å². The number of rotatable bonds is 8. The summed E-state index contributed by atoms with van der Waals surface area (Å²) in [7, 11) is 0. The van der Waals surface area contributed by atoms with Crippen LogP contribution in [0.3, 0.4) is 0 Å². The van der Waals surface area contributed by atoms with E-state index in [0.717, 1.165) is 18.2 Å². The molecule has 0 bridgehead atoms. The van der Waals surface area contributed by atoms with Gasteiger partial charge in [0.15, 0.2) is 11.6 Å². The molecule has 0 unspecified atom stereocenters. The summed E-state index contributed by atoms with van der Waals surface area (Å²) < 4.78 is 71.6. The minimum absolute atomic E-state index is 0.0896. The van der Waals surface area contributed by atoms with Crippen molar-refractivity contribution >= 4 is 34.8 Å². The molecule has 0 aromatic heterocycles. The number of carbonyl (C=O) groups is 2. The highest BCUT2D eigenvalue weighted by molar-refractivity contribution is 6.30. The van der Waals surface area contributed by atoms with Gasteiger partial charge in [-0.3, -0.25) is 9.59 Å². The highest BCUT2D eigenvalue weighted by Crippen LogP contribution is 2.45. The van der Waals surface area contributed by atoms with Crippen LogP contribution in [-0.4, -0.2) is 17.7 Å². The maximum absolute atomic E-state index is 15.0. The minimum atomic E-state index is -3.11. The zero-order chi connectivity index (χ0) is 28.4. The van der Waals surface area contributed by atoms with Crippen molar-refractivity contribution in [1.82, 2.24) is 0 Å². The molecule has 0 saturated carbocycles. The van der Waals surface area contributed by atoms with Crippen LogP contribution >= 0.6 is 11.6 Å². The SMILES string of the molecule is CCCC(F)(F)C(C)(C)c1cc(Cl)ccc1NC(=O)c1ccc(NC(=O)c2cc(F)c(F)cc2C)c(F)c1. The number of halogens is 6. The molecule has 0 atom stereocenters. The number of anilines is 2. The Balaban J connectivity index is 1.85. The van der Waals surface area contributed by atoms with Gasteiger partial charge in [-0.1, -0.05) is 24.9 Å². The molecule has 2 amide bonds. The predicted molar refractivity (Wildman–Crippen MR) is 138 cm³/mol. The van der Waals surface area contributed by atoms with E-state index in [2.05, 4.69) is 10.6 Å². The van der Waals surface area contributed by atoms with Crippen LogP contribution < -0.4 is 10.6 Å². The van der Waals surface area contributed by atoms with Gasteiger partial charge >= 0.3 is 0 Å². The highest BCUT2D eigenvalue weighted by Gasteiger charge is 2.48. The molecule has 4 nitrogen and oxygen atoms in total. The first-order valence-corrected chi connectivity index (χ1v) is 12.1. The van der Waals surface area contributed by atoms with Gasteiger partial charge in [-0.2, -0.15) is 0 Å². The molecule has 3 aromatic rings. The topological polar surface area (TPSA) is 58.2 Å². The molecule has 3 aromatic carbocycles. The average Bonchev–Trinajstić information content (AvgIpc) is 2.83. The third-order valence-corrected chi connectivity index (χ3v) is 6.61. The third kappa shape index (κ3) is 5.99. The summed E-state index contributed by atoms with van der Waals surface area (Å²) in [6.45, 7) is 5.75. The fourth-order valence-electron chi connectivity index (χ4n) is 4.00. The Kier molecular flexibility index (Phi) is 8.51. The van der Waals surface area contributed by atoms with Crippen molar-refractivity contribution in [2.75, 3.05) is 10.6 Å². The predicted octanol–water partition coefficient (Wildman–Crippen LogP) is 8.28. The number of hydrogen-bond acceptors (Lipinski definition) is 2. The first-order valence-electron chi connectivity index (χ1n) is 11.7. The lowest BCUT2D eigenvalue weighted by atomic mass is 9.76. The highest BCUT2D eigenvalue weighted by atomic mass is 35.5. The molecule has 0 fully saturated rings. The Labute approximate surface area is 222 Å². The van der Waals surface area contributed by atoms with Gasteiger partial charge in [-0.25, -0.2) is 22.0 Å². The van der Waals surface area contributed by atoms with Crippen LogP contribution in [0.5, 0.6) is 0 Å². The Morgan fingerprint density at radius 3 is 2.08 bits per heavy atom. The van der Waals surface area contributed by atoms with Gasteiger partial charge in [0.25, 0.3) is 17.7 Å². The second-order valence-electron chi connectivity index (χ2n) is 9.45. The summed E-state index contributed by atoms with van der Waals surface area (Å²) in [4.78, 5) is 25.4. The Morgan fingerprint density at radius 1 is 0.842 bits per heavy atom. The molecule has 0 aliphatic rings. The van der Waals surface area contributed by atoms with Crippen molar-refractivity contribution in [2.45, 2.75) is 51.9 Å². The van der Waals surface area contributed by atoms with Crippen LogP contribution in [0.15, 0.2) is 48.5 Å². The molecule has 0 heterocycles. The summed E-state index contributed by atoms with van der Waals surface area (Å²) in [5, 5.41) is 5.01. The van der Waals surface area contributed by atoms with E-state index in [4.69, 9.17) is 11.6 Å². The van der Waals surface area contributed by atoms with Gasteiger partial charge in [0.05, 0.1) is 11.1 Å². The van der Waals surface area contributed by atoms with E-state index in [0.29, 0.717) is 6.07 Å². The van der Waals surface area contributed by atoms with Crippen LogP contribution in [0.1, 0.15) is 65.5 Å². The van der Waals surface area contributed by atoms with Crippen molar-refractivity contribution < 1.29 is 31.5 Å². The van der Waals surface area contributed by atoms with E-state index in [1.54, 1.807) is 6.92 Å². The quantitative estimate of drug-likeness (QED) is 0.276. The number of nitrogens with one attached hydrogen (secondary N) is 2. The normalized spacial score (nSPS) is 11.8. The van der Waals surface area contributed by atoms with Crippen LogP contribution in [0.25, 0.3) is 0 Å². The van der Waals surface area contributed by atoms with E-state index in [1.807, 2.05) is 0 Å². The molecule has 38 heavy (non-hydrogen) atoms. The minimum Gasteiger partial charge on any atom is -0.322 e. The number of alkyl halides is 2. The zero-order valence-electron chi connectivity index (χ0n) is 21.1. The first kappa shape index (κ1) is 29.1. The largest absolute Gasteiger partial charge is 0.322 e. The van der Waals surface area contributed by atoms with E-state index >= 15 is 0 Å². The molecule has 0 radical (unpaired) electrons. The van der Waals surface area contributed by atoms with E-state index in [-0.39, 0.29) is 51.5 Å². The second-order valence-corrected chi connectivity index (χ2v) is 9.89. The smallest absolute Gasteiger partial charge is 0.257 e. The van der Waals surface area contributed by atoms with Gasteiger partial charge in [0.2, 0.25) is 0 Å². The molecule has 3 rings (SSSR count). The van der Waals surface area contributed by atoms with Gasteiger partial charge in [0.1, 0.15) is 5.82 Å². The lowest BCUT2D eigenvalue weighted by Crippen LogP contribution is -2.41. The number of amides is 2. The number of hydrogen-bond donors (Lipinski definition) is 2. The lowest BCUT2D eigenvalue weighted by Gasteiger charge is -2.36. The molecule has 202 valence electrons. The molecule has 0 saturated heterocycles. The average molecular weight is 553 g/mol. The van der Waals surface area contributed by atoms with E-state index < -0.39 is 40.6 Å². The molecule has 0 aliphatic heterocycles. The molecule has 0 aliphatic carbocycles. The lowest BCUT2D eigenvalue weighted by molar-refractivity contribution is -0.0725. The fourth-order valence-corrected chi connectivity index (χ4v) is 4.17. The number of aryl methyl sites for hydroxylation is 1. The second kappa shape index (κ2) is 11.1. The zero-order valence-corrected chi connectivity index (χ0v) is 21.9. The fraction of sp³-hybridized carbons (Fsp3) is 0.286. The van der Waals surface area contributed by atoms with Crippen molar-refractivity contribution in [3.63, 3.8) is 0 Å². The van der Waals surface area contributed by atoms with Gasteiger partial charge in [-0.15, -0.1) is 0 Å². The van der Waals surface area contributed by atoms with Crippen molar-refractivity contribution in [1.29, 1.82) is 0 Å². The third-order valence-electron chi connectivity index (χ3n) is 6.37. The maximum atomic E-state index is 15.0. The molecule has 2 N–H and O–H groups in total. The summed E-state index contributed by atoms with van der Waals surface area (Å²) >= 11 is 6.07. The molecular formula is C28H26ClF5N2O2.